The SMILES string of the molecule is CCCNS(=O)(=O)NC1CC2CCC(C1)N2. The van der Waals surface area contributed by atoms with E-state index < -0.39 is 10.2 Å². The van der Waals surface area contributed by atoms with Crippen molar-refractivity contribution in [3.63, 3.8) is 0 Å². The number of hydrogen-bond donors (Lipinski definition) is 3. The molecule has 2 saturated heterocycles. The van der Waals surface area contributed by atoms with Crippen LogP contribution in [0.25, 0.3) is 0 Å². The minimum absolute atomic E-state index is 0.105. The predicted octanol–water partition coefficient (Wildman–Crippen LogP) is 0.103. The summed E-state index contributed by atoms with van der Waals surface area (Å²) in [5.74, 6) is 0. The maximum absolute atomic E-state index is 11.6. The number of piperidine rings is 1. The maximum atomic E-state index is 11.6. The number of hydrogen-bond acceptors (Lipinski definition) is 3. The van der Waals surface area contributed by atoms with Gasteiger partial charge < -0.3 is 5.32 Å². The van der Waals surface area contributed by atoms with E-state index in [4.69, 9.17) is 0 Å². The van der Waals surface area contributed by atoms with Gasteiger partial charge in [-0.25, -0.2) is 4.72 Å². The van der Waals surface area contributed by atoms with Gasteiger partial charge >= 0.3 is 0 Å². The van der Waals surface area contributed by atoms with Crippen LogP contribution in [-0.2, 0) is 10.2 Å². The third-order valence-corrected chi connectivity index (χ3v) is 4.56. The second-order valence-electron chi connectivity index (χ2n) is 4.82. The molecule has 5 nitrogen and oxygen atoms in total. The highest BCUT2D eigenvalue weighted by Crippen LogP contribution is 2.26. The van der Waals surface area contributed by atoms with Crippen molar-refractivity contribution in [2.24, 2.45) is 0 Å². The molecule has 2 aliphatic rings. The molecule has 0 aromatic heterocycles. The highest BCUT2D eigenvalue weighted by atomic mass is 32.2. The number of nitrogens with one attached hydrogen (secondary N) is 3. The fourth-order valence-electron chi connectivity index (χ4n) is 2.65. The minimum atomic E-state index is -3.29. The molecule has 2 rings (SSSR count). The second kappa shape index (κ2) is 5.00. The molecule has 0 radical (unpaired) electrons. The molecule has 0 aliphatic carbocycles. The van der Waals surface area contributed by atoms with Gasteiger partial charge in [0.05, 0.1) is 0 Å². The van der Waals surface area contributed by atoms with Crippen molar-refractivity contribution in [1.82, 2.24) is 14.8 Å². The van der Waals surface area contributed by atoms with Crippen LogP contribution >= 0.6 is 0 Å². The lowest BCUT2D eigenvalue weighted by atomic mass is 10.0. The zero-order valence-corrected chi connectivity index (χ0v) is 10.5. The van der Waals surface area contributed by atoms with Crippen molar-refractivity contribution in [1.29, 1.82) is 0 Å². The van der Waals surface area contributed by atoms with Gasteiger partial charge in [0, 0.05) is 24.7 Å². The molecule has 0 aromatic carbocycles. The predicted molar refractivity (Wildman–Crippen MR) is 63.3 cm³/mol. The molecule has 3 N–H and O–H groups in total. The average molecular weight is 247 g/mol. The van der Waals surface area contributed by atoms with E-state index in [1.165, 1.54) is 12.8 Å². The van der Waals surface area contributed by atoms with Crippen molar-refractivity contribution >= 4 is 10.2 Å². The molecule has 16 heavy (non-hydrogen) atoms. The monoisotopic (exact) mass is 247 g/mol. The molecule has 0 saturated carbocycles. The summed E-state index contributed by atoms with van der Waals surface area (Å²) in [5, 5.41) is 3.49. The van der Waals surface area contributed by atoms with Crippen LogP contribution in [0.5, 0.6) is 0 Å². The van der Waals surface area contributed by atoms with E-state index >= 15 is 0 Å². The molecule has 6 heteroatoms. The van der Waals surface area contributed by atoms with Gasteiger partial charge in [0.15, 0.2) is 0 Å². The average Bonchev–Trinajstić information content (AvgIpc) is 2.55. The van der Waals surface area contributed by atoms with E-state index in [-0.39, 0.29) is 6.04 Å². The van der Waals surface area contributed by atoms with E-state index in [0.717, 1.165) is 19.3 Å². The molecular weight excluding hydrogens is 226 g/mol. The van der Waals surface area contributed by atoms with E-state index in [1.807, 2.05) is 6.92 Å². The zero-order valence-electron chi connectivity index (χ0n) is 9.70. The fourth-order valence-corrected chi connectivity index (χ4v) is 3.84. The molecule has 2 unspecified atom stereocenters. The van der Waals surface area contributed by atoms with Crippen LogP contribution in [0.3, 0.4) is 0 Å². The van der Waals surface area contributed by atoms with Gasteiger partial charge in [-0.3, -0.25) is 0 Å². The lowest BCUT2D eigenvalue weighted by molar-refractivity contribution is 0.344. The lowest BCUT2D eigenvalue weighted by Crippen LogP contribution is -2.50. The molecule has 2 bridgehead atoms. The third-order valence-electron chi connectivity index (χ3n) is 3.34. The van der Waals surface area contributed by atoms with Crippen LogP contribution in [0.1, 0.15) is 39.0 Å². The number of rotatable bonds is 5. The van der Waals surface area contributed by atoms with Crippen molar-refractivity contribution in [2.75, 3.05) is 6.54 Å². The third kappa shape index (κ3) is 3.16. The largest absolute Gasteiger partial charge is 0.311 e. The first-order valence-corrected chi connectivity index (χ1v) is 7.60. The maximum Gasteiger partial charge on any atom is 0.277 e. The van der Waals surface area contributed by atoms with Gasteiger partial charge in [-0.15, -0.1) is 0 Å². The Morgan fingerprint density at radius 2 is 1.88 bits per heavy atom. The van der Waals surface area contributed by atoms with E-state index in [1.54, 1.807) is 0 Å². The second-order valence-corrected chi connectivity index (χ2v) is 6.35. The van der Waals surface area contributed by atoms with Crippen molar-refractivity contribution in [3.8, 4) is 0 Å². The first-order chi connectivity index (χ1) is 7.59. The molecule has 2 aliphatic heterocycles. The summed E-state index contributed by atoms with van der Waals surface area (Å²) >= 11 is 0. The first-order valence-electron chi connectivity index (χ1n) is 6.12. The van der Waals surface area contributed by atoms with Crippen LogP contribution in [0.2, 0.25) is 0 Å². The Balaban J connectivity index is 1.85. The summed E-state index contributed by atoms with van der Waals surface area (Å²) in [4.78, 5) is 0. The van der Waals surface area contributed by atoms with Gasteiger partial charge in [0.1, 0.15) is 0 Å². The lowest BCUT2D eigenvalue weighted by Gasteiger charge is -2.29. The summed E-state index contributed by atoms with van der Waals surface area (Å²) in [6.45, 7) is 2.46. The van der Waals surface area contributed by atoms with Crippen LogP contribution in [0.4, 0.5) is 0 Å². The van der Waals surface area contributed by atoms with E-state index in [0.29, 0.717) is 18.6 Å². The summed E-state index contributed by atoms with van der Waals surface area (Å²) in [7, 11) is -3.29. The Kier molecular flexibility index (Phi) is 3.84. The highest BCUT2D eigenvalue weighted by molar-refractivity contribution is 7.87. The minimum Gasteiger partial charge on any atom is -0.311 e. The molecule has 94 valence electrons. The summed E-state index contributed by atoms with van der Waals surface area (Å²) in [5.41, 5.74) is 0. The standard InChI is InChI=1S/C10H21N3O2S/c1-2-5-11-16(14,15)13-10-6-8-3-4-9(7-10)12-8/h8-13H,2-7H2,1H3. The molecule has 0 aromatic rings. The van der Waals surface area contributed by atoms with Gasteiger partial charge in [-0.05, 0) is 32.1 Å². The Morgan fingerprint density at radius 3 is 2.44 bits per heavy atom. The fraction of sp³-hybridized carbons (Fsp3) is 1.00. The van der Waals surface area contributed by atoms with E-state index in [2.05, 4.69) is 14.8 Å². The molecule has 0 amide bonds. The van der Waals surface area contributed by atoms with Gasteiger partial charge in [-0.2, -0.15) is 13.1 Å². The summed E-state index contributed by atoms with van der Waals surface area (Å²) in [6, 6.07) is 1.13. The molecule has 2 fully saturated rings. The molecule has 2 atom stereocenters. The Bertz CT molecular complexity index is 319. The van der Waals surface area contributed by atoms with Crippen molar-refractivity contribution in [3.05, 3.63) is 0 Å². The van der Waals surface area contributed by atoms with Gasteiger partial charge in [-0.1, -0.05) is 6.92 Å². The smallest absolute Gasteiger partial charge is 0.277 e. The molecular formula is C10H21N3O2S. The first kappa shape index (κ1) is 12.3. The highest BCUT2D eigenvalue weighted by Gasteiger charge is 2.34. The van der Waals surface area contributed by atoms with Crippen LogP contribution in [0, 0.1) is 0 Å². The van der Waals surface area contributed by atoms with Gasteiger partial charge in [0.2, 0.25) is 0 Å². The Morgan fingerprint density at radius 1 is 1.25 bits per heavy atom. The van der Waals surface area contributed by atoms with Crippen molar-refractivity contribution < 1.29 is 8.42 Å². The summed E-state index contributed by atoms with van der Waals surface area (Å²) in [6.07, 6.45) is 5.03. The zero-order chi connectivity index (χ0) is 11.6. The quantitative estimate of drug-likeness (QED) is 0.645. The molecule has 0 spiro atoms. The van der Waals surface area contributed by atoms with E-state index in [9.17, 15) is 8.42 Å². The van der Waals surface area contributed by atoms with Crippen LogP contribution in [0.15, 0.2) is 0 Å². The Labute approximate surface area is 97.6 Å². The number of fused-ring (bicyclic) bond motifs is 2. The normalized spacial score (nSPS) is 34.2. The molecule has 2 heterocycles. The summed E-state index contributed by atoms with van der Waals surface area (Å²) < 4.78 is 28.6. The Hall–Kier alpha value is -0.170. The van der Waals surface area contributed by atoms with Crippen molar-refractivity contribution in [2.45, 2.75) is 57.2 Å². The van der Waals surface area contributed by atoms with Crippen LogP contribution < -0.4 is 14.8 Å². The van der Waals surface area contributed by atoms with Crippen LogP contribution in [-0.4, -0.2) is 33.1 Å². The topological polar surface area (TPSA) is 70.2 Å². The van der Waals surface area contributed by atoms with Gasteiger partial charge in [0.25, 0.3) is 10.2 Å².